The maximum Gasteiger partial charge on any atom is 0.141 e. The summed E-state index contributed by atoms with van der Waals surface area (Å²) < 4.78 is 0. The highest BCUT2D eigenvalue weighted by Crippen LogP contribution is 2.49. The summed E-state index contributed by atoms with van der Waals surface area (Å²) in [6.07, 6.45) is 2.20. The van der Waals surface area contributed by atoms with Crippen molar-refractivity contribution in [1.82, 2.24) is 0 Å². The molecule has 0 aliphatic heterocycles. The molecule has 0 spiro atoms. The third-order valence-electron chi connectivity index (χ3n) is 5.51. The third-order valence-corrected chi connectivity index (χ3v) is 6.87. The zero-order valence-corrected chi connectivity index (χ0v) is 16.2. The number of benzene rings is 2. The first-order valence-corrected chi connectivity index (χ1v) is 10.3. The van der Waals surface area contributed by atoms with Crippen molar-refractivity contribution in [1.29, 1.82) is 0 Å². The predicted octanol–water partition coefficient (Wildman–Crippen LogP) is 6.41. The van der Waals surface area contributed by atoms with E-state index in [1.807, 2.05) is 17.8 Å². The Balaban J connectivity index is 1.96. The van der Waals surface area contributed by atoms with Crippen LogP contribution in [0.1, 0.15) is 44.4 Å². The van der Waals surface area contributed by atoms with Gasteiger partial charge in [0.2, 0.25) is 0 Å². The van der Waals surface area contributed by atoms with Gasteiger partial charge in [-0.15, -0.1) is 11.8 Å². The average molecular weight is 353 g/mol. The van der Waals surface area contributed by atoms with Gasteiger partial charge >= 0.3 is 0 Å². The Morgan fingerprint density at radius 3 is 2.12 bits per heavy atom. The van der Waals surface area contributed by atoms with Gasteiger partial charge in [0.25, 0.3) is 0 Å². The predicted molar refractivity (Wildman–Crippen MR) is 107 cm³/mol. The molecular formula is C23H28OS. The molecular weight excluding hydrogens is 324 g/mol. The van der Waals surface area contributed by atoms with Crippen LogP contribution < -0.4 is 0 Å². The molecule has 0 bridgehead atoms. The van der Waals surface area contributed by atoms with Crippen LogP contribution in [0, 0.1) is 23.7 Å². The van der Waals surface area contributed by atoms with Gasteiger partial charge in [0.05, 0.1) is 0 Å². The van der Waals surface area contributed by atoms with Crippen molar-refractivity contribution in [3.05, 3.63) is 66.2 Å². The normalized spacial score (nSPS) is 25.1. The molecule has 0 unspecified atom stereocenters. The van der Waals surface area contributed by atoms with Crippen LogP contribution in [-0.2, 0) is 4.79 Å². The summed E-state index contributed by atoms with van der Waals surface area (Å²) in [6, 6.07) is 21.1. The summed E-state index contributed by atoms with van der Waals surface area (Å²) >= 11 is 1.85. The molecule has 25 heavy (non-hydrogen) atoms. The van der Waals surface area contributed by atoms with Gasteiger partial charge in [-0.3, -0.25) is 4.79 Å². The van der Waals surface area contributed by atoms with Crippen LogP contribution in [0.4, 0.5) is 0 Å². The van der Waals surface area contributed by atoms with Crippen LogP contribution in [0.2, 0.25) is 0 Å². The second-order valence-corrected chi connectivity index (χ2v) is 8.81. The van der Waals surface area contributed by atoms with Gasteiger partial charge in [0.1, 0.15) is 5.78 Å². The Bertz CT molecular complexity index is 680. The van der Waals surface area contributed by atoms with Crippen LogP contribution in [0.25, 0.3) is 0 Å². The van der Waals surface area contributed by atoms with Gasteiger partial charge < -0.3 is 0 Å². The molecule has 1 aliphatic carbocycles. The van der Waals surface area contributed by atoms with E-state index in [1.165, 1.54) is 10.5 Å². The highest BCUT2D eigenvalue weighted by atomic mass is 32.2. The molecule has 0 N–H and O–H groups in total. The van der Waals surface area contributed by atoms with Gasteiger partial charge in [0, 0.05) is 22.0 Å². The van der Waals surface area contributed by atoms with E-state index in [2.05, 4.69) is 75.4 Å². The number of rotatable bonds is 5. The zero-order chi connectivity index (χ0) is 17.8. The molecule has 1 aliphatic rings. The van der Waals surface area contributed by atoms with E-state index in [1.54, 1.807) is 0 Å². The lowest BCUT2D eigenvalue weighted by atomic mass is 9.68. The summed E-state index contributed by atoms with van der Waals surface area (Å²) in [7, 11) is 0. The van der Waals surface area contributed by atoms with Crippen LogP contribution in [0.3, 0.4) is 0 Å². The Morgan fingerprint density at radius 2 is 1.52 bits per heavy atom. The molecule has 2 aromatic rings. The zero-order valence-electron chi connectivity index (χ0n) is 15.4. The van der Waals surface area contributed by atoms with E-state index in [9.17, 15) is 4.79 Å². The lowest BCUT2D eigenvalue weighted by Crippen LogP contribution is -2.39. The van der Waals surface area contributed by atoms with Gasteiger partial charge in [-0.25, -0.2) is 0 Å². The van der Waals surface area contributed by atoms with Gasteiger partial charge in [0.15, 0.2) is 0 Å². The minimum absolute atomic E-state index is 0.0914. The van der Waals surface area contributed by atoms with Crippen LogP contribution in [0.5, 0.6) is 0 Å². The molecule has 1 fully saturated rings. The first kappa shape index (κ1) is 18.3. The van der Waals surface area contributed by atoms with Gasteiger partial charge in [-0.05, 0) is 42.4 Å². The van der Waals surface area contributed by atoms with E-state index in [0.29, 0.717) is 17.6 Å². The third kappa shape index (κ3) is 4.17. The number of carbonyl (C=O) groups excluding carboxylic acids is 1. The smallest absolute Gasteiger partial charge is 0.141 e. The molecule has 2 heteroatoms. The number of ketones is 1. The van der Waals surface area contributed by atoms with Crippen LogP contribution >= 0.6 is 11.8 Å². The minimum Gasteiger partial charge on any atom is -0.299 e. The molecule has 1 saturated carbocycles. The summed E-state index contributed by atoms with van der Waals surface area (Å²) in [4.78, 5) is 14.6. The lowest BCUT2D eigenvalue weighted by molar-refractivity contribution is -0.132. The summed E-state index contributed by atoms with van der Waals surface area (Å²) in [5, 5.41) is 0.188. The number of hydrogen-bond acceptors (Lipinski definition) is 2. The monoisotopic (exact) mass is 352 g/mol. The first-order valence-electron chi connectivity index (χ1n) is 9.38. The molecule has 0 heterocycles. The Kier molecular flexibility index (Phi) is 6.01. The minimum atomic E-state index is 0.0914. The fourth-order valence-corrected chi connectivity index (χ4v) is 5.49. The fourth-order valence-electron chi connectivity index (χ4n) is 4.04. The summed E-state index contributed by atoms with van der Waals surface area (Å²) in [6.45, 7) is 6.65. The number of hydrogen-bond donors (Lipinski definition) is 0. The van der Waals surface area contributed by atoms with E-state index >= 15 is 0 Å². The van der Waals surface area contributed by atoms with Crippen molar-refractivity contribution in [3.63, 3.8) is 0 Å². The molecule has 1 nitrogen and oxygen atoms in total. The van der Waals surface area contributed by atoms with Crippen molar-refractivity contribution < 1.29 is 4.79 Å². The first-order chi connectivity index (χ1) is 12.1. The maximum absolute atomic E-state index is 13.4. The van der Waals surface area contributed by atoms with Crippen molar-refractivity contribution in [2.75, 3.05) is 0 Å². The SMILES string of the molecule is CC(C)[C@H]1CC[C@@H](C)[C@@H]([C@@H](Sc2ccccc2)c2ccccc2)C1=O. The molecule has 0 amide bonds. The Morgan fingerprint density at radius 1 is 0.920 bits per heavy atom. The summed E-state index contributed by atoms with van der Waals surface area (Å²) in [5.41, 5.74) is 1.27. The second-order valence-electron chi connectivity index (χ2n) is 7.60. The fraction of sp³-hybridized carbons (Fsp3) is 0.435. The van der Waals surface area contributed by atoms with E-state index < -0.39 is 0 Å². The Labute approximate surface area is 156 Å². The quantitative estimate of drug-likeness (QED) is 0.579. The van der Waals surface area contributed by atoms with Crippen LogP contribution in [-0.4, -0.2) is 5.78 Å². The highest BCUT2D eigenvalue weighted by Gasteiger charge is 2.42. The van der Waals surface area contributed by atoms with Crippen molar-refractivity contribution in [3.8, 4) is 0 Å². The Hall–Kier alpha value is -1.54. The van der Waals surface area contributed by atoms with Crippen molar-refractivity contribution >= 4 is 17.5 Å². The molecule has 4 atom stereocenters. The molecule has 3 rings (SSSR count). The topological polar surface area (TPSA) is 17.1 Å². The molecule has 0 radical (unpaired) electrons. The van der Waals surface area contributed by atoms with Gasteiger partial charge in [-0.1, -0.05) is 69.3 Å². The van der Waals surface area contributed by atoms with Gasteiger partial charge in [-0.2, -0.15) is 0 Å². The number of Topliss-reactive ketones (excluding diaryl/α,β-unsaturated/α-hetero) is 1. The van der Waals surface area contributed by atoms with Crippen molar-refractivity contribution in [2.45, 2.75) is 43.8 Å². The lowest BCUT2D eigenvalue weighted by Gasteiger charge is -2.39. The standard InChI is InChI=1S/C23H28OS/c1-16(2)20-15-14-17(3)21(22(20)24)23(18-10-6-4-7-11-18)25-19-12-8-5-9-13-19/h4-13,16-17,20-21,23H,14-15H2,1-3H3/t17-,20-,21-,23+/m1/s1. The van der Waals surface area contributed by atoms with Crippen molar-refractivity contribution in [2.24, 2.45) is 23.7 Å². The molecule has 2 aromatic carbocycles. The average Bonchev–Trinajstić information content (AvgIpc) is 2.62. The number of carbonyl (C=O) groups is 1. The van der Waals surface area contributed by atoms with E-state index in [-0.39, 0.29) is 17.1 Å². The maximum atomic E-state index is 13.4. The van der Waals surface area contributed by atoms with E-state index in [0.717, 1.165) is 12.8 Å². The highest BCUT2D eigenvalue weighted by molar-refractivity contribution is 7.99. The largest absolute Gasteiger partial charge is 0.299 e. The van der Waals surface area contributed by atoms with Crippen LogP contribution in [0.15, 0.2) is 65.6 Å². The number of thioether (sulfide) groups is 1. The summed E-state index contributed by atoms with van der Waals surface area (Å²) in [5.74, 6) is 1.65. The second kappa shape index (κ2) is 8.23. The van der Waals surface area contributed by atoms with E-state index in [4.69, 9.17) is 0 Å². The molecule has 132 valence electrons. The molecule has 0 saturated heterocycles. The molecule has 0 aromatic heterocycles.